The maximum Gasteiger partial charge on any atom is 0.240 e. The first kappa shape index (κ1) is 17.7. The van der Waals surface area contributed by atoms with E-state index in [2.05, 4.69) is 4.72 Å². The van der Waals surface area contributed by atoms with Crippen LogP contribution < -0.4 is 19.9 Å². The van der Waals surface area contributed by atoms with E-state index in [-0.39, 0.29) is 17.5 Å². The number of ether oxygens (including phenoxy) is 2. The van der Waals surface area contributed by atoms with Crippen molar-refractivity contribution >= 4 is 10.0 Å². The summed E-state index contributed by atoms with van der Waals surface area (Å²) in [7, 11) is -3.60. The van der Waals surface area contributed by atoms with Crippen molar-refractivity contribution in [3.05, 3.63) is 18.2 Å². The fourth-order valence-corrected chi connectivity index (χ4v) is 2.75. The number of nitrogens with two attached hydrogens (primary N) is 1. The van der Waals surface area contributed by atoms with Crippen molar-refractivity contribution in [1.29, 1.82) is 0 Å². The number of hydrogen-bond acceptors (Lipinski definition) is 5. The Balaban J connectivity index is 2.98. The van der Waals surface area contributed by atoms with Crippen molar-refractivity contribution in [2.24, 2.45) is 5.73 Å². The average Bonchev–Trinajstić information content (AvgIpc) is 2.47. The zero-order valence-corrected chi connectivity index (χ0v) is 13.6. The Labute approximate surface area is 126 Å². The number of nitrogens with one attached hydrogen (secondary N) is 1. The highest BCUT2D eigenvalue weighted by molar-refractivity contribution is 7.89. The monoisotopic (exact) mass is 316 g/mol. The number of benzene rings is 1. The largest absolute Gasteiger partial charge is 0.490 e. The third-order valence-electron chi connectivity index (χ3n) is 2.89. The summed E-state index contributed by atoms with van der Waals surface area (Å²) >= 11 is 0. The van der Waals surface area contributed by atoms with Crippen molar-refractivity contribution in [3.63, 3.8) is 0 Å². The molecule has 6 nitrogen and oxygen atoms in total. The van der Waals surface area contributed by atoms with Crippen molar-refractivity contribution in [2.45, 2.75) is 38.1 Å². The molecule has 1 atom stereocenters. The van der Waals surface area contributed by atoms with E-state index in [0.717, 1.165) is 0 Å². The topological polar surface area (TPSA) is 90.7 Å². The third kappa shape index (κ3) is 5.18. The molecule has 1 unspecified atom stereocenters. The molecule has 0 aliphatic carbocycles. The highest BCUT2D eigenvalue weighted by atomic mass is 32.2. The number of sulfonamides is 1. The Hall–Kier alpha value is -1.31. The van der Waals surface area contributed by atoms with E-state index in [1.165, 1.54) is 12.1 Å². The normalized spacial score (nSPS) is 13.0. The number of rotatable bonds is 9. The first-order chi connectivity index (χ1) is 9.94. The lowest BCUT2D eigenvalue weighted by molar-refractivity contribution is 0.287. The predicted molar refractivity (Wildman–Crippen MR) is 82.2 cm³/mol. The molecule has 0 fully saturated rings. The molecular weight excluding hydrogens is 292 g/mol. The molecule has 21 heavy (non-hydrogen) atoms. The lowest BCUT2D eigenvalue weighted by Crippen LogP contribution is -2.36. The average molecular weight is 316 g/mol. The second-order valence-corrected chi connectivity index (χ2v) is 6.26. The van der Waals surface area contributed by atoms with Crippen LogP contribution in [0.3, 0.4) is 0 Å². The minimum Gasteiger partial charge on any atom is -0.490 e. The van der Waals surface area contributed by atoms with Gasteiger partial charge < -0.3 is 15.2 Å². The summed E-state index contributed by atoms with van der Waals surface area (Å²) in [5.74, 6) is 0.950. The van der Waals surface area contributed by atoms with Crippen molar-refractivity contribution in [3.8, 4) is 11.5 Å². The molecule has 0 bridgehead atoms. The Morgan fingerprint density at radius 2 is 1.76 bits per heavy atom. The maximum atomic E-state index is 12.2. The lowest BCUT2D eigenvalue weighted by Gasteiger charge is -2.14. The Morgan fingerprint density at radius 1 is 1.14 bits per heavy atom. The first-order valence-electron chi connectivity index (χ1n) is 7.09. The molecule has 0 amide bonds. The van der Waals surface area contributed by atoms with Crippen LogP contribution in [-0.4, -0.2) is 34.2 Å². The van der Waals surface area contributed by atoms with Crippen LogP contribution in [0.4, 0.5) is 0 Å². The molecule has 0 saturated carbocycles. The van der Waals surface area contributed by atoms with Gasteiger partial charge in [0.2, 0.25) is 10.0 Å². The molecular formula is C14H24N2O4S. The van der Waals surface area contributed by atoms with Crippen LogP contribution in [-0.2, 0) is 10.0 Å². The summed E-state index contributed by atoms with van der Waals surface area (Å²) in [6, 6.07) is 4.36. The van der Waals surface area contributed by atoms with E-state index in [9.17, 15) is 8.42 Å². The Morgan fingerprint density at radius 3 is 2.33 bits per heavy atom. The summed E-state index contributed by atoms with van der Waals surface area (Å²) < 4.78 is 37.8. The SMILES string of the molecule is CCOc1ccc(S(=O)(=O)NCC(N)CC)cc1OCC. The predicted octanol–water partition coefficient (Wildman–Crippen LogP) is 1.50. The van der Waals surface area contributed by atoms with E-state index < -0.39 is 10.0 Å². The van der Waals surface area contributed by atoms with Gasteiger partial charge in [0.05, 0.1) is 18.1 Å². The van der Waals surface area contributed by atoms with Gasteiger partial charge in [-0.25, -0.2) is 13.1 Å². The molecule has 0 aliphatic heterocycles. The fourth-order valence-electron chi connectivity index (χ4n) is 1.64. The van der Waals surface area contributed by atoms with E-state index in [4.69, 9.17) is 15.2 Å². The van der Waals surface area contributed by atoms with Gasteiger partial charge in [0.15, 0.2) is 11.5 Å². The van der Waals surface area contributed by atoms with Crippen LogP contribution in [0.2, 0.25) is 0 Å². The van der Waals surface area contributed by atoms with Crippen molar-refractivity contribution < 1.29 is 17.9 Å². The van der Waals surface area contributed by atoms with Crippen LogP contribution in [0.5, 0.6) is 11.5 Å². The minimum absolute atomic E-state index is 0.137. The molecule has 1 aromatic rings. The molecule has 3 N–H and O–H groups in total. The molecule has 120 valence electrons. The second kappa shape index (κ2) is 8.21. The highest BCUT2D eigenvalue weighted by Gasteiger charge is 2.17. The van der Waals surface area contributed by atoms with Crippen LogP contribution in [0, 0.1) is 0 Å². The molecule has 1 rings (SSSR count). The molecule has 0 aromatic heterocycles. The van der Waals surface area contributed by atoms with E-state index >= 15 is 0 Å². The fraction of sp³-hybridized carbons (Fsp3) is 0.571. The van der Waals surface area contributed by atoms with Gasteiger partial charge >= 0.3 is 0 Å². The van der Waals surface area contributed by atoms with Gasteiger partial charge in [0, 0.05) is 18.7 Å². The summed E-state index contributed by atoms with van der Waals surface area (Å²) in [6.45, 7) is 6.70. The van der Waals surface area contributed by atoms with E-state index in [0.29, 0.717) is 31.1 Å². The van der Waals surface area contributed by atoms with Crippen LogP contribution >= 0.6 is 0 Å². The van der Waals surface area contributed by atoms with E-state index in [1.807, 2.05) is 20.8 Å². The lowest BCUT2D eigenvalue weighted by atomic mass is 10.2. The highest BCUT2D eigenvalue weighted by Crippen LogP contribution is 2.30. The van der Waals surface area contributed by atoms with Gasteiger partial charge in [-0.15, -0.1) is 0 Å². The van der Waals surface area contributed by atoms with E-state index in [1.54, 1.807) is 6.07 Å². The zero-order valence-electron chi connectivity index (χ0n) is 12.8. The smallest absolute Gasteiger partial charge is 0.240 e. The standard InChI is InChI=1S/C14H24N2O4S/c1-4-11(15)10-16-21(17,18)12-7-8-13(19-5-2)14(9-12)20-6-3/h7-9,11,16H,4-6,10,15H2,1-3H3. The van der Waals surface area contributed by atoms with Gasteiger partial charge in [-0.05, 0) is 32.4 Å². The molecule has 7 heteroatoms. The van der Waals surface area contributed by atoms with Crippen molar-refractivity contribution in [1.82, 2.24) is 4.72 Å². The summed E-state index contributed by atoms with van der Waals surface area (Å²) in [5, 5.41) is 0. The summed E-state index contributed by atoms with van der Waals surface area (Å²) in [5.41, 5.74) is 5.73. The third-order valence-corrected chi connectivity index (χ3v) is 4.31. The zero-order chi connectivity index (χ0) is 15.9. The second-order valence-electron chi connectivity index (χ2n) is 4.49. The van der Waals surface area contributed by atoms with Crippen LogP contribution in [0.1, 0.15) is 27.2 Å². The summed E-state index contributed by atoms with van der Waals surface area (Å²) in [6.07, 6.45) is 0.704. The number of hydrogen-bond donors (Lipinski definition) is 2. The first-order valence-corrected chi connectivity index (χ1v) is 8.57. The van der Waals surface area contributed by atoms with Gasteiger partial charge in [-0.1, -0.05) is 6.92 Å². The van der Waals surface area contributed by atoms with Crippen LogP contribution in [0.15, 0.2) is 23.1 Å². The Bertz CT molecular complexity index is 546. The maximum absolute atomic E-state index is 12.2. The molecule has 0 aliphatic rings. The van der Waals surface area contributed by atoms with Crippen LogP contribution in [0.25, 0.3) is 0 Å². The van der Waals surface area contributed by atoms with Gasteiger partial charge in [-0.2, -0.15) is 0 Å². The quantitative estimate of drug-likeness (QED) is 0.720. The van der Waals surface area contributed by atoms with Gasteiger partial charge in [0.1, 0.15) is 0 Å². The van der Waals surface area contributed by atoms with Gasteiger partial charge in [-0.3, -0.25) is 0 Å². The minimum atomic E-state index is -3.60. The molecule has 0 saturated heterocycles. The molecule has 0 spiro atoms. The molecule has 1 aromatic carbocycles. The molecule has 0 radical (unpaired) electrons. The molecule has 0 heterocycles. The summed E-state index contributed by atoms with van der Waals surface area (Å²) in [4.78, 5) is 0.137. The van der Waals surface area contributed by atoms with Crippen molar-refractivity contribution in [2.75, 3.05) is 19.8 Å². The Kier molecular flexibility index (Phi) is 6.94. The van der Waals surface area contributed by atoms with Gasteiger partial charge in [0.25, 0.3) is 0 Å².